The summed E-state index contributed by atoms with van der Waals surface area (Å²) in [6, 6.07) is 8.99. The summed E-state index contributed by atoms with van der Waals surface area (Å²) in [6.07, 6.45) is 1.00. The number of nitrogens with zero attached hydrogens (tertiary/aromatic N) is 1. The van der Waals surface area contributed by atoms with Crippen molar-refractivity contribution in [2.75, 3.05) is 18.6 Å². The first kappa shape index (κ1) is 16.0. The maximum absolute atomic E-state index is 5.64. The fourth-order valence-corrected chi connectivity index (χ4v) is 2.00. The first-order valence-electron chi connectivity index (χ1n) is 7.00. The van der Waals surface area contributed by atoms with Crippen molar-refractivity contribution in [3.05, 3.63) is 29.8 Å². The number of rotatable bonds is 7. The SMILES string of the molecule is COC(C)(C)CCN(c1ccc(CN)cc1)C(C)C. The number of hydrogen-bond acceptors (Lipinski definition) is 3. The molecule has 0 spiro atoms. The van der Waals surface area contributed by atoms with Crippen LogP contribution in [0.1, 0.15) is 39.7 Å². The van der Waals surface area contributed by atoms with Crippen LogP contribution < -0.4 is 10.6 Å². The Labute approximate surface area is 117 Å². The number of hydrogen-bond donors (Lipinski definition) is 1. The normalized spacial score (nSPS) is 11.9. The van der Waals surface area contributed by atoms with Crippen molar-refractivity contribution < 1.29 is 4.74 Å². The van der Waals surface area contributed by atoms with Crippen LogP contribution in [0.15, 0.2) is 24.3 Å². The second-order valence-electron chi connectivity index (χ2n) is 5.87. The summed E-state index contributed by atoms with van der Waals surface area (Å²) >= 11 is 0. The molecule has 3 nitrogen and oxygen atoms in total. The van der Waals surface area contributed by atoms with Gasteiger partial charge in [0.25, 0.3) is 0 Å². The van der Waals surface area contributed by atoms with Crippen LogP contribution in [0.5, 0.6) is 0 Å². The minimum Gasteiger partial charge on any atom is -0.379 e. The highest BCUT2D eigenvalue weighted by Crippen LogP contribution is 2.21. The molecule has 1 aromatic carbocycles. The highest BCUT2D eigenvalue weighted by atomic mass is 16.5. The summed E-state index contributed by atoms with van der Waals surface area (Å²) < 4.78 is 5.50. The second kappa shape index (κ2) is 6.92. The number of anilines is 1. The molecule has 0 heterocycles. The number of benzene rings is 1. The monoisotopic (exact) mass is 264 g/mol. The van der Waals surface area contributed by atoms with Gasteiger partial charge in [0.2, 0.25) is 0 Å². The van der Waals surface area contributed by atoms with Gasteiger partial charge in [0.15, 0.2) is 0 Å². The third-order valence-corrected chi connectivity index (χ3v) is 3.63. The summed E-state index contributed by atoms with van der Waals surface area (Å²) in [7, 11) is 1.77. The Hall–Kier alpha value is -1.06. The average molecular weight is 264 g/mol. The van der Waals surface area contributed by atoms with Gasteiger partial charge in [-0.3, -0.25) is 0 Å². The lowest BCUT2D eigenvalue weighted by molar-refractivity contribution is 0.0170. The van der Waals surface area contributed by atoms with E-state index in [1.54, 1.807) is 7.11 Å². The first-order valence-corrected chi connectivity index (χ1v) is 7.00. The number of ether oxygens (including phenoxy) is 1. The van der Waals surface area contributed by atoms with Crippen molar-refractivity contribution in [2.45, 2.75) is 52.3 Å². The van der Waals surface area contributed by atoms with Gasteiger partial charge in [0.1, 0.15) is 0 Å². The molecular formula is C16H28N2O. The predicted octanol–water partition coefficient (Wildman–Crippen LogP) is 3.18. The molecule has 0 aliphatic heterocycles. The van der Waals surface area contributed by atoms with E-state index in [0.29, 0.717) is 12.6 Å². The molecule has 0 aromatic heterocycles. The summed E-state index contributed by atoms with van der Waals surface area (Å²) in [5.41, 5.74) is 7.98. The van der Waals surface area contributed by atoms with Crippen LogP contribution in [0.4, 0.5) is 5.69 Å². The van der Waals surface area contributed by atoms with Gasteiger partial charge in [-0.2, -0.15) is 0 Å². The molecular weight excluding hydrogens is 236 g/mol. The second-order valence-corrected chi connectivity index (χ2v) is 5.87. The van der Waals surface area contributed by atoms with E-state index in [4.69, 9.17) is 10.5 Å². The van der Waals surface area contributed by atoms with Crippen LogP contribution in [0.3, 0.4) is 0 Å². The Morgan fingerprint density at radius 1 is 1.21 bits per heavy atom. The van der Waals surface area contributed by atoms with Crippen LogP contribution in [-0.4, -0.2) is 25.3 Å². The van der Waals surface area contributed by atoms with Gasteiger partial charge in [0, 0.05) is 31.9 Å². The Bertz CT molecular complexity index is 371. The minimum atomic E-state index is -0.0790. The first-order chi connectivity index (χ1) is 8.89. The van der Waals surface area contributed by atoms with Crippen molar-refractivity contribution in [3.8, 4) is 0 Å². The smallest absolute Gasteiger partial charge is 0.0639 e. The Balaban J connectivity index is 2.76. The lowest BCUT2D eigenvalue weighted by Gasteiger charge is -2.33. The molecule has 0 radical (unpaired) electrons. The predicted molar refractivity (Wildman–Crippen MR) is 82.5 cm³/mol. The molecule has 0 atom stereocenters. The Morgan fingerprint density at radius 2 is 1.79 bits per heavy atom. The molecule has 1 aromatic rings. The van der Waals surface area contributed by atoms with Gasteiger partial charge in [-0.05, 0) is 51.8 Å². The number of nitrogens with two attached hydrogens (primary N) is 1. The zero-order valence-electron chi connectivity index (χ0n) is 12.9. The van der Waals surface area contributed by atoms with E-state index >= 15 is 0 Å². The average Bonchev–Trinajstić information content (AvgIpc) is 2.39. The fraction of sp³-hybridized carbons (Fsp3) is 0.625. The van der Waals surface area contributed by atoms with Gasteiger partial charge < -0.3 is 15.4 Å². The molecule has 0 fully saturated rings. The molecule has 0 saturated carbocycles. The van der Waals surface area contributed by atoms with Crippen molar-refractivity contribution in [3.63, 3.8) is 0 Å². The van der Waals surface area contributed by atoms with Crippen LogP contribution in [-0.2, 0) is 11.3 Å². The molecule has 2 N–H and O–H groups in total. The lowest BCUT2D eigenvalue weighted by Crippen LogP contribution is -2.36. The molecule has 0 saturated heterocycles. The third-order valence-electron chi connectivity index (χ3n) is 3.63. The number of methoxy groups -OCH3 is 1. The van der Waals surface area contributed by atoms with Gasteiger partial charge in [-0.25, -0.2) is 0 Å². The van der Waals surface area contributed by atoms with Crippen molar-refractivity contribution in [1.29, 1.82) is 0 Å². The topological polar surface area (TPSA) is 38.5 Å². The van der Waals surface area contributed by atoms with Gasteiger partial charge in [-0.1, -0.05) is 12.1 Å². The van der Waals surface area contributed by atoms with Crippen LogP contribution in [0.2, 0.25) is 0 Å². The summed E-state index contributed by atoms with van der Waals surface area (Å²) in [4.78, 5) is 2.40. The van der Waals surface area contributed by atoms with Crippen LogP contribution in [0, 0.1) is 0 Å². The Kier molecular flexibility index (Phi) is 5.83. The van der Waals surface area contributed by atoms with Crippen molar-refractivity contribution in [1.82, 2.24) is 0 Å². The molecule has 108 valence electrons. The zero-order chi connectivity index (χ0) is 14.5. The fourth-order valence-electron chi connectivity index (χ4n) is 2.00. The summed E-state index contributed by atoms with van der Waals surface area (Å²) in [5.74, 6) is 0. The van der Waals surface area contributed by atoms with Crippen LogP contribution >= 0.6 is 0 Å². The van der Waals surface area contributed by atoms with E-state index < -0.39 is 0 Å². The zero-order valence-corrected chi connectivity index (χ0v) is 12.9. The van der Waals surface area contributed by atoms with Crippen LogP contribution in [0.25, 0.3) is 0 Å². The minimum absolute atomic E-state index is 0.0790. The summed E-state index contributed by atoms with van der Waals surface area (Å²) in [5, 5.41) is 0. The molecule has 0 unspecified atom stereocenters. The highest BCUT2D eigenvalue weighted by molar-refractivity contribution is 5.48. The standard InChI is InChI=1S/C16H28N2O/c1-13(2)18(11-10-16(3,4)19-5)15-8-6-14(12-17)7-9-15/h6-9,13H,10-12,17H2,1-5H3. The lowest BCUT2D eigenvalue weighted by atomic mass is 10.0. The van der Waals surface area contributed by atoms with E-state index in [-0.39, 0.29) is 5.60 Å². The van der Waals surface area contributed by atoms with E-state index in [0.717, 1.165) is 13.0 Å². The molecule has 0 amide bonds. The maximum atomic E-state index is 5.64. The molecule has 19 heavy (non-hydrogen) atoms. The largest absolute Gasteiger partial charge is 0.379 e. The molecule has 1 rings (SSSR count). The highest BCUT2D eigenvalue weighted by Gasteiger charge is 2.19. The van der Waals surface area contributed by atoms with Crippen molar-refractivity contribution >= 4 is 5.69 Å². The van der Waals surface area contributed by atoms with Crippen molar-refractivity contribution in [2.24, 2.45) is 5.73 Å². The van der Waals surface area contributed by atoms with E-state index in [1.807, 2.05) is 0 Å². The van der Waals surface area contributed by atoms with E-state index in [2.05, 4.69) is 56.9 Å². The summed E-state index contributed by atoms with van der Waals surface area (Å²) in [6.45, 7) is 10.3. The van der Waals surface area contributed by atoms with E-state index in [9.17, 15) is 0 Å². The quantitative estimate of drug-likeness (QED) is 0.822. The molecule has 0 bridgehead atoms. The van der Waals surface area contributed by atoms with E-state index in [1.165, 1.54) is 11.3 Å². The maximum Gasteiger partial charge on any atom is 0.0639 e. The van der Waals surface area contributed by atoms with Gasteiger partial charge in [0.05, 0.1) is 5.60 Å². The van der Waals surface area contributed by atoms with Gasteiger partial charge >= 0.3 is 0 Å². The third kappa shape index (κ3) is 4.84. The molecule has 0 aliphatic rings. The molecule has 0 aliphatic carbocycles. The Morgan fingerprint density at radius 3 is 2.21 bits per heavy atom. The molecule has 3 heteroatoms. The van der Waals surface area contributed by atoms with Gasteiger partial charge in [-0.15, -0.1) is 0 Å².